The number of aldehydes is 1. The van der Waals surface area contributed by atoms with E-state index in [0.29, 0.717) is 18.5 Å². The minimum absolute atomic E-state index is 0.176. The van der Waals surface area contributed by atoms with Gasteiger partial charge in [0.25, 0.3) is 0 Å². The third-order valence-corrected chi connectivity index (χ3v) is 3.06. The van der Waals surface area contributed by atoms with E-state index in [-0.39, 0.29) is 6.42 Å². The molecule has 0 aliphatic carbocycles. The zero-order chi connectivity index (χ0) is 15.0. The molecule has 0 bridgehead atoms. The molecule has 104 valence electrons. The predicted molar refractivity (Wildman–Crippen MR) is 76.6 cm³/mol. The highest BCUT2D eigenvalue weighted by Gasteiger charge is 2.06. The molecule has 0 saturated carbocycles. The molecule has 2 rings (SSSR count). The Labute approximate surface area is 126 Å². The van der Waals surface area contributed by atoms with Crippen LogP contribution in [-0.2, 0) is 11.2 Å². The van der Waals surface area contributed by atoms with Gasteiger partial charge in [-0.15, -0.1) is 0 Å². The molecule has 1 unspecified atom stereocenters. The number of aromatic nitrogens is 2. The molecule has 0 fully saturated rings. The summed E-state index contributed by atoms with van der Waals surface area (Å²) in [4.78, 5) is 10.0. The van der Waals surface area contributed by atoms with Crippen molar-refractivity contribution in [3.8, 4) is 5.75 Å². The van der Waals surface area contributed by atoms with Crippen LogP contribution in [0.2, 0.25) is 0 Å². The number of phenolic OH excluding ortho intramolecular Hbond substituents is 1. The number of aromatic hydroxyl groups is 1. The fourth-order valence-corrected chi connectivity index (χ4v) is 1.75. The highest BCUT2D eigenvalue weighted by atomic mass is 27.1. The van der Waals surface area contributed by atoms with Crippen LogP contribution in [0.4, 0.5) is 0 Å². The van der Waals surface area contributed by atoms with Crippen molar-refractivity contribution in [1.82, 2.24) is 8.76 Å². The zero-order valence-electron chi connectivity index (χ0n) is 11.3. The Kier molecular flexibility index (Phi) is 7.02. The minimum Gasteiger partial charge on any atom is -0.508 e. The van der Waals surface area contributed by atoms with E-state index in [1.807, 2.05) is 19.1 Å². The Morgan fingerprint density at radius 1 is 1.35 bits per heavy atom. The third kappa shape index (κ3) is 6.02. The van der Waals surface area contributed by atoms with Gasteiger partial charge in [0.15, 0.2) is 0 Å². The number of phenols is 1. The first-order valence-electron chi connectivity index (χ1n) is 6.18. The van der Waals surface area contributed by atoms with Crippen LogP contribution in [0.25, 0.3) is 0 Å². The molecule has 0 spiro atoms. The smallest absolute Gasteiger partial charge is 0.353 e. The maximum absolute atomic E-state index is 10.0. The number of carbonyl (C=O) groups excluding carboxylic acids is 1. The van der Waals surface area contributed by atoms with Crippen LogP contribution in [0.3, 0.4) is 0 Å². The normalized spacial score (nSPS) is 11.3. The standard InChI is InChI=1S/C7H9N2O2.C7H8O.Al/c10-4-2-7(11)5-6-1-3-8-9-6;1-6-2-4-7(8)5-3-6;/h1,3-4,7,11H,2,5H2;2-5,8H,1H3;/q-1;;+1. The van der Waals surface area contributed by atoms with Gasteiger partial charge in [-0.2, -0.15) is 0 Å². The van der Waals surface area contributed by atoms with Crippen molar-refractivity contribution >= 4 is 22.8 Å². The fraction of sp³-hybridized carbons (Fsp3) is 0.286. The maximum Gasteiger partial charge on any atom is 0.353 e. The monoisotopic (exact) mass is 288 g/mol. The summed E-state index contributed by atoms with van der Waals surface area (Å²) in [5, 5.41) is 21.9. The lowest BCUT2D eigenvalue weighted by Gasteiger charge is -2.07. The number of aliphatic hydroxyl groups is 1. The SMILES string of the molecule is Cc1ccc(O)cc1.O=CCC(O)Cc1ccn[n]1[Al]. The van der Waals surface area contributed by atoms with Gasteiger partial charge in [-0.1, -0.05) is 17.7 Å². The van der Waals surface area contributed by atoms with Crippen LogP contribution in [-0.4, -0.2) is 47.9 Å². The first-order valence-corrected chi connectivity index (χ1v) is 6.70. The average Bonchev–Trinajstić information content (AvgIpc) is 2.80. The summed E-state index contributed by atoms with van der Waals surface area (Å²) in [5.41, 5.74) is 2.07. The summed E-state index contributed by atoms with van der Waals surface area (Å²) < 4.78 is 1.61. The molecule has 1 aromatic heterocycles. The Morgan fingerprint density at radius 2 is 2.00 bits per heavy atom. The van der Waals surface area contributed by atoms with Crippen molar-refractivity contribution in [2.24, 2.45) is 0 Å². The van der Waals surface area contributed by atoms with Crippen molar-refractivity contribution in [1.29, 1.82) is 0 Å². The van der Waals surface area contributed by atoms with Crippen molar-refractivity contribution in [2.45, 2.75) is 25.9 Å². The van der Waals surface area contributed by atoms with Crippen molar-refractivity contribution in [3.05, 3.63) is 47.8 Å². The van der Waals surface area contributed by atoms with Gasteiger partial charge in [-0.25, -0.2) is 5.10 Å². The molecule has 5 nitrogen and oxygen atoms in total. The number of carbonyl (C=O) groups is 1. The lowest BCUT2D eigenvalue weighted by atomic mass is 10.1. The molecular formula is C14H17AlN2O3. The molecule has 2 radical (unpaired) electrons. The highest BCUT2D eigenvalue weighted by Crippen LogP contribution is 2.07. The summed E-state index contributed by atoms with van der Waals surface area (Å²) in [6, 6.07) is 8.90. The van der Waals surface area contributed by atoms with Crippen molar-refractivity contribution in [3.63, 3.8) is 0 Å². The van der Waals surface area contributed by atoms with Crippen LogP contribution >= 0.6 is 0 Å². The molecule has 1 aromatic carbocycles. The third-order valence-electron chi connectivity index (χ3n) is 2.60. The molecule has 1 heterocycles. The molecule has 0 amide bonds. The van der Waals surface area contributed by atoms with Gasteiger partial charge in [-0.05, 0) is 25.1 Å². The molecule has 2 aromatic rings. The van der Waals surface area contributed by atoms with Gasteiger partial charge in [0.2, 0.25) is 0 Å². The number of nitrogens with zero attached hydrogens (tertiary/aromatic N) is 2. The van der Waals surface area contributed by atoms with E-state index in [1.165, 1.54) is 5.56 Å². The Balaban J connectivity index is 0.000000217. The molecular weight excluding hydrogens is 271 g/mol. The fourth-order valence-electron chi connectivity index (χ4n) is 1.48. The van der Waals surface area contributed by atoms with Gasteiger partial charge in [0, 0.05) is 24.7 Å². The van der Waals surface area contributed by atoms with Gasteiger partial charge in [-0.3, -0.25) is 0 Å². The number of aliphatic hydroxyl groups excluding tert-OH is 1. The number of benzene rings is 1. The Morgan fingerprint density at radius 3 is 2.45 bits per heavy atom. The summed E-state index contributed by atoms with van der Waals surface area (Å²) in [6.45, 7) is 1.99. The number of aryl methyl sites for hydroxylation is 1. The van der Waals surface area contributed by atoms with Crippen LogP contribution in [0.15, 0.2) is 36.5 Å². The molecule has 0 saturated heterocycles. The first-order chi connectivity index (χ1) is 9.52. The lowest BCUT2D eigenvalue weighted by molar-refractivity contribution is -0.109. The summed E-state index contributed by atoms with van der Waals surface area (Å²) >= 11 is 2.41. The van der Waals surface area contributed by atoms with E-state index < -0.39 is 6.10 Å². The first kappa shape index (κ1) is 16.4. The van der Waals surface area contributed by atoms with Crippen LogP contribution in [0.5, 0.6) is 5.75 Å². The van der Waals surface area contributed by atoms with Crippen molar-refractivity contribution < 1.29 is 15.0 Å². The molecule has 1 atom stereocenters. The summed E-state index contributed by atoms with van der Waals surface area (Å²) in [6.07, 6.45) is 2.40. The van der Waals surface area contributed by atoms with Crippen LogP contribution in [0.1, 0.15) is 17.7 Å². The molecule has 2 N–H and O–H groups in total. The predicted octanol–water partition coefficient (Wildman–Crippen LogP) is 1.01. The number of hydrogen-bond donors (Lipinski definition) is 2. The average molecular weight is 288 g/mol. The van der Waals surface area contributed by atoms with Gasteiger partial charge < -0.3 is 18.7 Å². The quantitative estimate of drug-likeness (QED) is 0.650. The van der Waals surface area contributed by atoms with E-state index in [4.69, 9.17) is 5.11 Å². The largest absolute Gasteiger partial charge is 0.508 e. The van der Waals surface area contributed by atoms with Crippen molar-refractivity contribution in [2.75, 3.05) is 0 Å². The van der Waals surface area contributed by atoms with Crippen LogP contribution < -0.4 is 0 Å². The molecule has 0 aliphatic heterocycles. The van der Waals surface area contributed by atoms with Gasteiger partial charge in [0.1, 0.15) is 12.0 Å². The summed E-state index contributed by atoms with van der Waals surface area (Å²) in [5.74, 6) is 0.329. The second kappa shape index (κ2) is 8.54. The molecule has 6 heteroatoms. The van der Waals surface area contributed by atoms with Gasteiger partial charge in [0.05, 0.1) is 6.10 Å². The highest BCUT2D eigenvalue weighted by molar-refractivity contribution is 6.06. The lowest BCUT2D eigenvalue weighted by Crippen LogP contribution is -2.14. The Bertz CT molecular complexity index is 504. The van der Waals surface area contributed by atoms with Crippen LogP contribution in [0, 0.1) is 6.92 Å². The summed E-state index contributed by atoms with van der Waals surface area (Å²) in [7, 11) is 0. The second-order valence-electron chi connectivity index (χ2n) is 4.36. The zero-order valence-corrected chi connectivity index (χ0v) is 12.5. The second-order valence-corrected chi connectivity index (χ2v) is 4.85. The number of rotatable bonds is 4. The van der Waals surface area contributed by atoms with E-state index in [9.17, 15) is 9.90 Å². The van der Waals surface area contributed by atoms with Gasteiger partial charge >= 0.3 is 16.5 Å². The maximum atomic E-state index is 10.0. The Hall–Kier alpha value is -1.61. The topological polar surface area (TPSA) is 75.3 Å². The number of hydrogen-bond acceptors (Lipinski definition) is 4. The molecule has 20 heavy (non-hydrogen) atoms. The van der Waals surface area contributed by atoms with E-state index in [2.05, 4.69) is 21.6 Å². The van der Waals surface area contributed by atoms with E-state index in [1.54, 1.807) is 28.1 Å². The van der Waals surface area contributed by atoms with E-state index in [0.717, 1.165) is 5.69 Å². The molecule has 0 aliphatic rings. The van der Waals surface area contributed by atoms with E-state index >= 15 is 0 Å². The minimum atomic E-state index is -0.599.